The third-order valence-electron chi connectivity index (χ3n) is 1.58. The molecule has 0 rings (SSSR count). The summed E-state index contributed by atoms with van der Waals surface area (Å²) in [4.78, 5) is 42.5. The van der Waals surface area contributed by atoms with E-state index in [2.05, 4.69) is 0 Å². The largest absolute Gasteiger partial charge is 0.479 e. The highest BCUT2D eigenvalue weighted by Gasteiger charge is 2.08. The molecule has 0 heterocycles. The second-order valence-electron chi connectivity index (χ2n) is 3.80. The van der Waals surface area contributed by atoms with Crippen molar-refractivity contribution < 1.29 is 65.4 Å². The van der Waals surface area contributed by atoms with Gasteiger partial charge in [-0.05, 0) is 0 Å². The summed E-state index contributed by atoms with van der Waals surface area (Å²) in [5.41, 5.74) is 0. The maximum atomic E-state index is 9.68. The van der Waals surface area contributed by atoms with E-state index in [9.17, 15) is 14.4 Å². The van der Waals surface area contributed by atoms with Crippen molar-refractivity contribution in [2.45, 2.75) is 18.3 Å². The number of carboxylic acids is 1. The molecule has 10 N–H and O–H groups in total. The van der Waals surface area contributed by atoms with E-state index in [0.717, 1.165) is 0 Å². The molecule has 27 heavy (non-hydrogen) atoms. The summed E-state index contributed by atoms with van der Waals surface area (Å²) >= 11 is 0. The first-order valence-corrected chi connectivity index (χ1v) is 6.67. The average Bonchev–Trinajstić information content (AvgIpc) is 2.73. The van der Waals surface area contributed by atoms with Crippen molar-refractivity contribution in [3.8, 4) is 0 Å². The Morgan fingerprint density at radius 2 is 1.11 bits per heavy atom. The second-order valence-corrected chi connectivity index (χ2v) is 3.80. The molecule has 0 saturated heterocycles. The molecule has 0 aliphatic heterocycles. The van der Waals surface area contributed by atoms with Crippen LogP contribution in [0.5, 0.6) is 0 Å². The quantitative estimate of drug-likeness (QED) is 0.166. The molecule has 0 aromatic heterocycles. The Balaban J connectivity index is -0.0000000773. The molecule has 0 saturated carbocycles. The number of aliphatic hydroxyl groups excluding tert-OH is 9. The molecule has 0 aromatic rings. The Morgan fingerprint density at radius 1 is 0.741 bits per heavy atom. The number of aliphatic carboxylic acids is 1. The molecule has 0 amide bonds. The SMILES string of the molecule is O=C(CO)CO.O=C(O)C(O)CO.O=CC(O)CO.O=O.OCC(O)CO. The standard InChI is InChI=1S/C3H6O4.C3H8O3.2C3H6O3.O2/c4-1-2(5)3(6)7;3*4-1-3(6)2-5;1-2/h2,4-5H,1H2,(H,6,7);3-6H,1-2H2;4-5H,1-2H2;1,3,5-6H,2H2;. The lowest BCUT2D eigenvalue weighted by molar-refractivity contribution is -0.148. The van der Waals surface area contributed by atoms with Crippen molar-refractivity contribution in [3.05, 3.63) is 9.93 Å². The van der Waals surface area contributed by atoms with Crippen LogP contribution in [0.4, 0.5) is 0 Å². The third kappa shape index (κ3) is 45.4. The van der Waals surface area contributed by atoms with Gasteiger partial charge in [0.2, 0.25) is 0 Å². The van der Waals surface area contributed by atoms with Crippen molar-refractivity contribution >= 4 is 18.0 Å². The molecule has 0 spiro atoms. The van der Waals surface area contributed by atoms with E-state index in [-0.39, 0.29) is 19.5 Å². The number of carbonyl (C=O) groups is 3. The van der Waals surface area contributed by atoms with Crippen LogP contribution in [0.1, 0.15) is 0 Å². The number of Topliss-reactive ketones (excluding diaryl/α,β-unsaturated/α-hetero) is 1. The molecule has 0 aliphatic carbocycles. The van der Waals surface area contributed by atoms with Crippen molar-refractivity contribution in [2.75, 3.05) is 39.6 Å². The fraction of sp³-hybridized carbons (Fsp3) is 0.750. The van der Waals surface area contributed by atoms with E-state index < -0.39 is 56.5 Å². The van der Waals surface area contributed by atoms with Gasteiger partial charge in [-0.25, -0.2) is 4.79 Å². The van der Waals surface area contributed by atoms with Gasteiger partial charge in [0, 0.05) is 9.93 Å². The molecule has 0 radical (unpaired) electrons. The topological polar surface area (TPSA) is 288 Å². The number of aldehydes is 1. The fourth-order valence-electron chi connectivity index (χ4n) is 0.229. The normalized spacial score (nSPS) is 10.7. The molecule has 15 heteroatoms. The summed E-state index contributed by atoms with van der Waals surface area (Å²) in [6, 6.07) is 0. The highest BCUT2D eigenvalue weighted by molar-refractivity contribution is 5.80. The van der Waals surface area contributed by atoms with Gasteiger partial charge in [-0.2, -0.15) is 0 Å². The minimum atomic E-state index is -1.63. The number of carbonyl (C=O) groups excluding carboxylic acids is 2. The van der Waals surface area contributed by atoms with Crippen molar-refractivity contribution in [1.82, 2.24) is 0 Å². The van der Waals surface area contributed by atoms with E-state index in [1.54, 1.807) is 0 Å². The van der Waals surface area contributed by atoms with Crippen LogP contribution in [0.2, 0.25) is 0 Å². The van der Waals surface area contributed by atoms with Gasteiger partial charge in [-0.15, -0.1) is 0 Å². The van der Waals surface area contributed by atoms with Gasteiger partial charge in [0.15, 0.2) is 18.2 Å². The number of hydrogen-bond donors (Lipinski definition) is 10. The first kappa shape index (κ1) is 36.0. The Morgan fingerprint density at radius 3 is 1.11 bits per heavy atom. The summed E-state index contributed by atoms with van der Waals surface area (Å²) < 4.78 is 0. The van der Waals surface area contributed by atoms with Gasteiger partial charge in [-0.3, -0.25) is 4.79 Å². The predicted octanol–water partition coefficient (Wildman–Crippen LogP) is -6.10. The molecule has 15 nitrogen and oxygen atoms in total. The number of rotatable bonds is 8. The molecule has 2 atom stereocenters. The molecular weight excluding hydrogens is 384 g/mol. The van der Waals surface area contributed by atoms with Crippen LogP contribution in [0.3, 0.4) is 0 Å². The Bertz CT molecular complexity index is 314. The van der Waals surface area contributed by atoms with Gasteiger partial charge < -0.3 is 55.9 Å². The summed E-state index contributed by atoms with van der Waals surface area (Å²) in [5.74, 6) is -1.95. The van der Waals surface area contributed by atoms with Crippen molar-refractivity contribution in [3.63, 3.8) is 0 Å². The summed E-state index contributed by atoms with van der Waals surface area (Å²) in [5, 5.41) is 79.3. The van der Waals surface area contributed by atoms with Crippen LogP contribution in [-0.2, 0) is 14.4 Å². The third-order valence-corrected chi connectivity index (χ3v) is 1.58. The first-order chi connectivity index (χ1) is 12.6. The van der Waals surface area contributed by atoms with E-state index in [1.807, 2.05) is 0 Å². The zero-order chi connectivity index (χ0) is 22.8. The Labute approximate surface area is 152 Å². The van der Waals surface area contributed by atoms with E-state index in [0.29, 0.717) is 0 Å². The predicted molar refractivity (Wildman–Crippen MR) is 86.0 cm³/mol. The smallest absolute Gasteiger partial charge is 0.334 e. The number of aliphatic hydroxyl groups is 9. The highest BCUT2D eigenvalue weighted by atomic mass is 16.7. The van der Waals surface area contributed by atoms with E-state index >= 15 is 0 Å². The average molecular weight is 410 g/mol. The molecule has 0 aromatic carbocycles. The van der Waals surface area contributed by atoms with Gasteiger partial charge >= 0.3 is 5.97 Å². The number of hydrogen-bond acceptors (Lipinski definition) is 14. The zero-order valence-electron chi connectivity index (χ0n) is 14.1. The Kier molecular flexibility index (Phi) is 42.4. The first-order valence-electron chi connectivity index (χ1n) is 6.67. The fourth-order valence-corrected chi connectivity index (χ4v) is 0.229. The van der Waals surface area contributed by atoms with Crippen LogP contribution in [-0.4, -0.2) is 127 Å². The van der Waals surface area contributed by atoms with Gasteiger partial charge in [-0.1, -0.05) is 0 Å². The minimum Gasteiger partial charge on any atom is -0.479 e. The Hall–Kier alpha value is -1.95. The molecule has 0 bridgehead atoms. The lowest BCUT2D eigenvalue weighted by Crippen LogP contribution is -2.22. The van der Waals surface area contributed by atoms with Crippen LogP contribution in [0.15, 0.2) is 0 Å². The van der Waals surface area contributed by atoms with Crippen molar-refractivity contribution in [1.29, 1.82) is 0 Å². The summed E-state index contributed by atoms with van der Waals surface area (Å²) in [7, 11) is 0. The molecular formula is C12H26O15. The van der Waals surface area contributed by atoms with Crippen molar-refractivity contribution in [2.24, 2.45) is 0 Å². The summed E-state index contributed by atoms with van der Waals surface area (Å²) in [6.45, 7) is -3.06. The van der Waals surface area contributed by atoms with Crippen LogP contribution in [0, 0.1) is 9.93 Å². The molecule has 0 fully saturated rings. The molecule has 164 valence electrons. The van der Waals surface area contributed by atoms with Gasteiger partial charge in [0.1, 0.15) is 25.4 Å². The van der Waals surface area contributed by atoms with E-state index in [1.165, 1.54) is 0 Å². The van der Waals surface area contributed by atoms with Crippen LogP contribution < -0.4 is 0 Å². The second kappa shape index (κ2) is 31.8. The molecule has 0 aliphatic rings. The maximum absolute atomic E-state index is 9.68. The number of ketones is 1. The van der Waals surface area contributed by atoms with Gasteiger partial charge in [0.25, 0.3) is 0 Å². The lowest BCUT2D eigenvalue weighted by Gasteiger charge is -1.96. The zero-order valence-corrected chi connectivity index (χ0v) is 14.1. The maximum Gasteiger partial charge on any atom is 0.334 e. The monoisotopic (exact) mass is 410 g/mol. The van der Waals surface area contributed by atoms with E-state index in [4.69, 9.17) is 61.0 Å². The number of carboxylic acid groups (broad SMARTS) is 1. The molecule has 2 unspecified atom stereocenters. The summed E-state index contributed by atoms with van der Waals surface area (Å²) in [6.07, 6.45) is -3.49. The van der Waals surface area contributed by atoms with Gasteiger partial charge in [0.05, 0.1) is 26.4 Å². The lowest BCUT2D eigenvalue weighted by atomic mass is 10.4. The van der Waals surface area contributed by atoms with Crippen LogP contribution in [0.25, 0.3) is 0 Å². The minimum absolute atomic E-state index is 0.278. The highest BCUT2D eigenvalue weighted by Crippen LogP contribution is 1.76. The van der Waals surface area contributed by atoms with Crippen LogP contribution >= 0.6 is 0 Å².